The molecule has 0 saturated carbocycles. The maximum atomic E-state index is 10.6. The van der Waals surface area contributed by atoms with Crippen LogP contribution >= 0.6 is 15.9 Å². The Hall–Kier alpha value is -1.72. The molecule has 2 aromatic rings. The van der Waals surface area contributed by atoms with Gasteiger partial charge in [0.25, 0.3) is 5.69 Å². The first-order valence-corrected chi connectivity index (χ1v) is 7.62. The van der Waals surface area contributed by atoms with Crippen LogP contribution in [-0.2, 0) is 24.4 Å². The molecule has 3 rings (SSSR count). The molecule has 0 radical (unpaired) electrons. The SMILES string of the molecule is O=[N+]([O-])c1ccc(CC(Br)c2ccc3c(c2)COC3)cc1. The van der Waals surface area contributed by atoms with Crippen molar-refractivity contribution in [3.8, 4) is 0 Å². The second-order valence-corrected chi connectivity index (χ2v) is 6.22. The molecule has 1 aliphatic rings. The third kappa shape index (κ3) is 3.14. The van der Waals surface area contributed by atoms with Gasteiger partial charge < -0.3 is 4.74 Å². The minimum Gasteiger partial charge on any atom is -0.372 e. The molecule has 0 aliphatic carbocycles. The summed E-state index contributed by atoms with van der Waals surface area (Å²) in [6, 6.07) is 13.1. The van der Waals surface area contributed by atoms with Gasteiger partial charge in [0.05, 0.1) is 18.1 Å². The van der Waals surface area contributed by atoms with E-state index in [9.17, 15) is 10.1 Å². The van der Waals surface area contributed by atoms with Crippen LogP contribution in [0.3, 0.4) is 0 Å². The van der Waals surface area contributed by atoms with Crippen LogP contribution < -0.4 is 0 Å². The minimum atomic E-state index is -0.379. The van der Waals surface area contributed by atoms with Crippen LogP contribution in [0.1, 0.15) is 27.1 Å². The zero-order valence-electron chi connectivity index (χ0n) is 11.3. The van der Waals surface area contributed by atoms with Crippen molar-refractivity contribution in [2.45, 2.75) is 24.5 Å². The molecule has 0 amide bonds. The van der Waals surface area contributed by atoms with Gasteiger partial charge in [0, 0.05) is 17.0 Å². The van der Waals surface area contributed by atoms with E-state index in [1.54, 1.807) is 12.1 Å². The number of halogens is 1. The summed E-state index contributed by atoms with van der Waals surface area (Å²) in [7, 11) is 0. The van der Waals surface area contributed by atoms with E-state index in [2.05, 4.69) is 34.1 Å². The Morgan fingerprint density at radius 1 is 1.14 bits per heavy atom. The van der Waals surface area contributed by atoms with E-state index in [0.29, 0.717) is 13.2 Å². The third-order valence-corrected chi connectivity index (χ3v) is 4.52. The van der Waals surface area contributed by atoms with E-state index >= 15 is 0 Å². The molecule has 0 N–H and O–H groups in total. The molecule has 1 atom stereocenters. The van der Waals surface area contributed by atoms with Crippen molar-refractivity contribution in [2.24, 2.45) is 0 Å². The van der Waals surface area contributed by atoms with E-state index in [-0.39, 0.29) is 15.4 Å². The number of hydrogen-bond acceptors (Lipinski definition) is 3. The first-order valence-electron chi connectivity index (χ1n) is 6.70. The molecule has 5 heteroatoms. The highest BCUT2D eigenvalue weighted by Gasteiger charge is 2.15. The second-order valence-electron chi connectivity index (χ2n) is 5.12. The average Bonchev–Trinajstić information content (AvgIpc) is 2.95. The van der Waals surface area contributed by atoms with Gasteiger partial charge in [0.15, 0.2) is 0 Å². The Kier molecular flexibility index (Phi) is 4.03. The summed E-state index contributed by atoms with van der Waals surface area (Å²) in [4.78, 5) is 10.5. The Labute approximate surface area is 131 Å². The quantitative estimate of drug-likeness (QED) is 0.470. The largest absolute Gasteiger partial charge is 0.372 e. The van der Waals surface area contributed by atoms with Crippen molar-refractivity contribution in [1.29, 1.82) is 0 Å². The number of rotatable bonds is 4. The van der Waals surface area contributed by atoms with Gasteiger partial charge in [-0.3, -0.25) is 10.1 Å². The van der Waals surface area contributed by atoms with Gasteiger partial charge in [-0.2, -0.15) is 0 Å². The molecule has 0 aromatic heterocycles. The van der Waals surface area contributed by atoms with Crippen molar-refractivity contribution >= 4 is 21.6 Å². The molecule has 0 spiro atoms. The number of nitrogens with zero attached hydrogens (tertiary/aromatic N) is 1. The average molecular weight is 348 g/mol. The maximum absolute atomic E-state index is 10.6. The number of fused-ring (bicyclic) bond motifs is 1. The summed E-state index contributed by atoms with van der Waals surface area (Å²) in [6.07, 6.45) is 0.789. The van der Waals surface area contributed by atoms with Crippen molar-refractivity contribution in [3.63, 3.8) is 0 Å². The topological polar surface area (TPSA) is 52.4 Å². The van der Waals surface area contributed by atoms with Crippen LogP contribution in [0, 0.1) is 10.1 Å². The van der Waals surface area contributed by atoms with Gasteiger partial charge in [-0.25, -0.2) is 0 Å². The zero-order valence-corrected chi connectivity index (χ0v) is 12.9. The molecule has 108 valence electrons. The van der Waals surface area contributed by atoms with E-state index in [0.717, 1.165) is 12.0 Å². The first kappa shape index (κ1) is 14.2. The fraction of sp³-hybridized carbons (Fsp3) is 0.250. The van der Waals surface area contributed by atoms with Gasteiger partial charge in [0.1, 0.15) is 0 Å². The molecule has 2 aromatic carbocycles. The van der Waals surface area contributed by atoms with Crippen molar-refractivity contribution in [2.75, 3.05) is 0 Å². The van der Waals surface area contributed by atoms with Gasteiger partial charge in [-0.1, -0.05) is 46.3 Å². The number of nitro benzene ring substituents is 1. The summed E-state index contributed by atoms with van der Waals surface area (Å²) < 4.78 is 5.42. The maximum Gasteiger partial charge on any atom is 0.269 e. The number of non-ortho nitro benzene ring substituents is 1. The second kappa shape index (κ2) is 5.95. The highest BCUT2D eigenvalue weighted by molar-refractivity contribution is 9.09. The van der Waals surface area contributed by atoms with Gasteiger partial charge in [0.2, 0.25) is 0 Å². The molecular weight excluding hydrogens is 334 g/mol. The Balaban J connectivity index is 1.73. The summed E-state index contributed by atoms with van der Waals surface area (Å²) in [5.41, 5.74) is 4.91. The molecule has 1 unspecified atom stereocenters. The lowest BCUT2D eigenvalue weighted by Crippen LogP contribution is -1.97. The van der Waals surface area contributed by atoms with Crippen LogP contribution in [0.5, 0.6) is 0 Å². The molecular formula is C16H14BrNO3. The molecule has 0 bridgehead atoms. The smallest absolute Gasteiger partial charge is 0.269 e. The summed E-state index contributed by atoms with van der Waals surface area (Å²) in [5, 5.41) is 10.6. The number of benzene rings is 2. The molecule has 1 aliphatic heterocycles. The number of nitro groups is 1. The van der Waals surface area contributed by atoms with Crippen LogP contribution in [0.4, 0.5) is 5.69 Å². The highest BCUT2D eigenvalue weighted by Crippen LogP contribution is 2.31. The monoisotopic (exact) mass is 347 g/mol. The molecule has 1 heterocycles. The van der Waals surface area contributed by atoms with E-state index in [1.165, 1.54) is 16.7 Å². The lowest BCUT2D eigenvalue weighted by atomic mass is 10.0. The van der Waals surface area contributed by atoms with E-state index < -0.39 is 0 Å². The number of ether oxygens (including phenoxy) is 1. The fourth-order valence-electron chi connectivity index (χ4n) is 2.47. The minimum absolute atomic E-state index is 0.125. The van der Waals surface area contributed by atoms with Gasteiger partial charge in [-0.15, -0.1) is 0 Å². The molecule has 4 nitrogen and oxygen atoms in total. The van der Waals surface area contributed by atoms with Crippen LogP contribution in [0.2, 0.25) is 0 Å². The Bertz CT molecular complexity index is 670. The van der Waals surface area contributed by atoms with Crippen molar-refractivity contribution < 1.29 is 9.66 Å². The highest BCUT2D eigenvalue weighted by atomic mass is 79.9. The van der Waals surface area contributed by atoms with Gasteiger partial charge in [-0.05, 0) is 28.7 Å². The Morgan fingerprint density at radius 2 is 1.86 bits per heavy atom. The molecule has 0 saturated heterocycles. The predicted molar refractivity (Wildman–Crippen MR) is 83.4 cm³/mol. The standard InChI is InChI=1S/C16H14BrNO3/c17-16(7-11-1-5-15(6-2-11)18(19)20)12-3-4-13-9-21-10-14(13)8-12/h1-6,8,16H,7,9-10H2. The number of hydrogen-bond donors (Lipinski definition) is 0. The third-order valence-electron chi connectivity index (χ3n) is 3.67. The first-order chi connectivity index (χ1) is 10.1. The van der Waals surface area contributed by atoms with Gasteiger partial charge >= 0.3 is 0 Å². The fourth-order valence-corrected chi connectivity index (χ4v) is 3.12. The lowest BCUT2D eigenvalue weighted by molar-refractivity contribution is -0.384. The normalized spacial score (nSPS) is 14.7. The zero-order chi connectivity index (χ0) is 14.8. The van der Waals surface area contributed by atoms with Crippen LogP contribution in [0.15, 0.2) is 42.5 Å². The van der Waals surface area contributed by atoms with Crippen LogP contribution in [-0.4, -0.2) is 4.92 Å². The van der Waals surface area contributed by atoms with E-state index in [4.69, 9.17) is 4.74 Å². The lowest BCUT2D eigenvalue weighted by Gasteiger charge is -2.11. The summed E-state index contributed by atoms with van der Waals surface area (Å²) >= 11 is 3.70. The Morgan fingerprint density at radius 3 is 2.57 bits per heavy atom. The van der Waals surface area contributed by atoms with E-state index in [1.807, 2.05) is 12.1 Å². The van der Waals surface area contributed by atoms with Crippen molar-refractivity contribution in [3.05, 3.63) is 74.8 Å². The summed E-state index contributed by atoms with van der Waals surface area (Å²) in [5.74, 6) is 0. The number of alkyl halides is 1. The molecule has 21 heavy (non-hydrogen) atoms. The molecule has 0 fully saturated rings. The predicted octanol–water partition coefficient (Wildman–Crippen LogP) is 4.30. The summed E-state index contributed by atoms with van der Waals surface area (Å²) in [6.45, 7) is 1.38. The van der Waals surface area contributed by atoms with Crippen molar-refractivity contribution in [1.82, 2.24) is 0 Å². The van der Waals surface area contributed by atoms with Crippen LogP contribution in [0.25, 0.3) is 0 Å².